The van der Waals surface area contributed by atoms with Crippen LogP contribution < -0.4 is 4.74 Å². The van der Waals surface area contributed by atoms with E-state index in [1.807, 2.05) is 0 Å². The number of fused-ring (bicyclic) bond motifs is 1. The normalized spacial score (nSPS) is 20.2. The van der Waals surface area contributed by atoms with Crippen LogP contribution in [0.25, 0.3) is 0 Å². The highest BCUT2D eigenvalue weighted by Gasteiger charge is 2.33. The Morgan fingerprint density at radius 2 is 1.59 bits per heavy atom. The summed E-state index contributed by atoms with van der Waals surface area (Å²) >= 11 is 0. The number of aromatic hydroxyl groups is 5. The number of phenolic OH excluding ortho intramolecular Hbond substituents is 5. The van der Waals surface area contributed by atoms with Gasteiger partial charge in [0, 0.05) is 18.1 Å². The zero-order valence-electron chi connectivity index (χ0n) is 11.3. The Balaban J connectivity index is 2.02. The molecule has 0 aliphatic carbocycles. The summed E-state index contributed by atoms with van der Waals surface area (Å²) in [5.41, 5.74) is 0.600. The molecule has 1 aliphatic heterocycles. The molecule has 3 rings (SSSR count). The molecule has 7 nitrogen and oxygen atoms in total. The van der Waals surface area contributed by atoms with E-state index in [0.717, 1.165) is 6.07 Å². The van der Waals surface area contributed by atoms with Crippen LogP contribution in [0.1, 0.15) is 17.2 Å². The second kappa shape index (κ2) is 4.88. The maximum absolute atomic E-state index is 10.2. The predicted octanol–water partition coefficient (Wildman–Crippen LogP) is 1.25. The molecule has 0 fully saturated rings. The molecule has 0 radical (unpaired) electrons. The molecular weight excluding hydrogens is 292 g/mol. The van der Waals surface area contributed by atoms with Crippen LogP contribution in [-0.4, -0.2) is 36.7 Å². The highest BCUT2D eigenvalue weighted by molar-refractivity contribution is 5.60. The van der Waals surface area contributed by atoms with Crippen LogP contribution in [0.2, 0.25) is 0 Å². The van der Waals surface area contributed by atoms with Gasteiger partial charge in [0.2, 0.25) is 5.75 Å². The molecule has 0 aromatic heterocycles. The zero-order valence-corrected chi connectivity index (χ0v) is 11.3. The molecular formula is C15H14O7. The highest BCUT2D eigenvalue weighted by Crippen LogP contribution is 2.48. The Morgan fingerprint density at radius 1 is 0.864 bits per heavy atom. The van der Waals surface area contributed by atoms with Gasteiger partial charge in [-0.3, -0.25) is 0 Å². The molecule has 0 saturated carbocycles. The molecule has 7 heteroatoms. The SMILES string of the molecule is Oc1ccc([C@H]2Oc3cc(O)c(O)c(O)c3C[C@@H]2O)cc1O. The number of phenols is 5. The lowest BCUT2D eigenvalue weighted by Gasteiger charge is -2.31. The summed E-state index contributed by atoms with van der Waals surface area (Å²) in [7, 11) is 0. The van der Waals surface area contributed by atoms with Crippen molar-refractivity contribution < 1.29 is 35.4 Å². The lowest BCUT2D eigenvalue weighted by molar-refractivity contribution is 0.0195. The van der Waals surface area contributed by atoms with Crippen molar-refractivity contribution in [1.82, 2.24) is 0 Å². The van der Waals surface area contributed by atoms with E-state index >= 15 is 0 Å². The van der Waals surface area contributed by atoms with Crippen LogP contribution in [-0.2, 0) is 6.42 Å². The molecule has 0 saturated heterocycles. The molecule has 0 amide bonds. The van der Waals surface area contributed by atoms with E-state index in [4.69, 9.17) is 4.74 Å². The Bertz CT molecular complexity index is 741. The molecule has 1 aliphatic rings. The Labute approximate surface area is 124 Å². The van der Waals surface area contributed by atoms with Gasteiger partial charge in [0.1, 0.15) is 11.9 Å². The van der Waals surface area contributed by atoms with E-state index in [9.17, 15) is 30.6 Å². The third kappa shape index (κ3) is 2.11. The summed E-state index contributed by atoms with van der Waals surface area (Å²) in [6.45, 7) is 0. The second-order valence-electron chi connectivity index (χ2n) is 5.13. The van der Waals surface area contributed by atoms with Gasteiger partial charge in [0.15, 0.2) is 23.0 Å². The van der Waals surface area contributed by atoms with Crippen molar-refractivity contribution in [3.63, 3.8) is 0 Å². The Kier molecular flexibility index (Phi) is 3.14. The zero-order chi connectivity index (χ0) is 16.0. The minimum Gasteiger partial charge on any atom is -0.504 e. The third-order valence-electron chi connectivity index (χ3n) is 3.66. The van der Waals surface area contributed by atoms with E-state index in [1.54, 1.807) is 0 Å². The summed E-state index contributed by atoms with van der Waals surface area (Å²) in [5.74, 6) is -2.28. The van der Waals surface area contributed by atoms with Crippen LogP contribution >= 0.6 is 0 Å². The molecule has 22 heavy (non-hydrogen) atoms. The quantitative estimate of drug-likeness (QED) is 0.437. The second-order valence-corrected chi connectivity index (χ2v) is 5.13. The minimum absolute atomic E-state index is 0.0126. The summed E-state index contributed by atoms with van der Waals surface area (Å²) in [6, 6.07) is 5.15. The Morgan fingerprint density at radius 3 is 2.27 bits per heavy atom. The van der Waals surface area contributed by atoms with Crippen LogP contribution in [0, 0.1) is 0 Å². The van der Waals surface area contributed by atoms with E-state index < -0.39 is 29.5 Å². The van der Waals surface area contributed by atoms with Gasteiger partial charge in [0.25, 0.3) is 0 Å². The van der Waals surface area contributed by atoms with E-state index in [2.05, 4.69) is 0 Å². The smallest absolute Gasteiger partial charge is 0.200 e. The first kappa shape index (κ1) is 14.2. The fourth-order valence-corrected chi connectivity index (χ4v) is 2.50. The van der Waals surface area contributed by atoms with Crippen LogP contribution in [0.15, 0.2) is 24.3 Å². The topological polar surface area (TPSA) is 131 Å². The largest absolute Gasteiger partial charge is 0.504 e. The van der Waals surface area contributed by atoms with Crippen LogP contribution in [0.4, 0.5) is 0 Å². The number of ether oxygens (including phenoxy) is 1. The van der Waals surface area contributed by atoms with Gasteiger partial charge in [-0.05, 0) is 17.7 Å². The molecule has 0 bridgehead atoms. The minimum atomic E-state index is -1.05. The van der Waals surface area contributed by atoms with Crippen molar-refractivity contribution in [2.75, 3.05) is 0 Å². The molecule has 116 valence electrons. The first-order chi connectivity index (χ1) is 10.4. The molecule has 0 unspecified atom stereocenters. The van der Waals surface area contributed by atoms with Gasteiger partial charge >= 0.3 is 0 Å². The highest BCUT2D eigenvalue weighted by atomic mass is 16.5. The average molecular weight is 306 g/mol. The lowest BCUT2D eigenvalue weighted by atomic mass is 9.93. The standard InChI is InChI=1S/C15H14O7/c16-8-2-1-6(3-9(8)17)15-11(19)4-7-12(22-15)5-10(18)14(21)13(7)20/h1-3,5,11,15-21H,4H2/t11-,15+/m0/s1. The molecule has 0 spiro atoms. The maximum atomic E-state index is 10.2. The number of aliphatic hydroxyl groups excluding tert-OH is 1. The summed E-state index contributed by atoms with van der Waals surface area (Å²) in [6.07, 6.45) is -1.92. The summed E-state index contributed by atoms with van der Waals surface area (Å²) in [5, 5.41) is 57.9. The average Bonchev–Trinajstić information content (AvgIpc) is 2.48. The molecule has 2 atom stereocenters. The van der Waals surface area contributed by atoms with Gasteiger partial charge in [-0.1, -0.05) is 6.07 Å². The number of rotatable bonds is 1. The number of hydrogen-bond acceptors (Lipinski definition) is 7. The fraction of sp³-hybridized carbons (Fsp3) is 0.200. The summed E-state index contributed by atoms with van der Waals surface area (Å²) < 4.78 is 5.57. The lowest BCUT2D eigenvalue weighted by Crippen LogP contribution is -2.30. The molecule has 2 aromatic carbocycles. The van der Waals surface area contributed by atoms with E-state index in [1.165, 1.54) is 18.2 Å². The number of benzene rings is 2. The van der Waals surface area contributed by atoms with Crippen LogP contribution in [0.5, 0.6) is 34.5 Å². The number of aliphatic hydroxyl groups is 1. The molecule has 6 N–H and O–H groups in total. The van der Waals surface area contributed by atoms with Gasteiger partial charge < -0.3 is 35.4 Å². The summed E-state index contributed by atoms with van der Waals surface area (Å²) in [4.78, 5) is 0. The van der Waals surface area contributed by atoms with Crippen molar-refractivity contribution in [3.8, 4) is 34.5 Å². The monoisotopic (exact) mass is 306 g/mol. The van der Waals surface area contributed by atoms with Gasteiger partial charge in [-0.2, -0.15) is 0 Å². The first-order valence-corrected chi connectivity index (χ1v) is 6.52. The van der Waals surface area contributed by atoms with Crippen molar-refractivity contribution in [2.45, 2.75) is 18.6 Å². The predicted molar refractivity (Wildman–Crippen MR) is 74.3 cm³/mol. The fourth-order valence-electron chi connectivity index (χ4n) is 2.50. The molecule has 1 heterocycles. The number of hydrogen-bond donors (Lipinski definition) is 6. The van der Waals surface area contributed by atoms with Gasteiger partial charge in [-0.25, -0.2) is 0 Å². The van der Waals surface area contributed by atoms with E-state index in [0.29, 0.717) is 5.56 Å². The molecule has 2 aromatic rings. The van der Waals surface area contributed by atoms with Crippen molar-refractivity contribution in [1.29, 1.82) is 0 Å². The van der Waals surface area contributed by atoms with Crippen molar-refractivity contribution in [3.05, 3.63) is 35.4 Å². The third-order valence-corrected chi connectivity index (χ3v) is 3.66. The van der Waals surface area contributed by atoms with E-state index in [-0.39, 0.29) is 29.2 Å². The van der Waals surface area contributed by atoms with Gasteiger partial charge in [0.05, 0.1) is 6.10 Å². The Hall–Kier alpha value is -2.80. The first-order valence-electron chi connectivity index (χ1n) is 6.52. The van der Waals surface area contributed by atoms with Gasteiger partial charge in [-0.15, -0.1) is 0 Å². The van der Waals surface area contributed by atoms with Crippen molar-refractivity contribution >= 4 is 0 Å². The van der Waals surface area contributed by atoms with Crippen LogP contribution in [0.3, 0.4) is 0 Å². The van der Waals surface area contributed by atoms with Crippen molar-refractivity contribution in [2.24, 2.45) is 0 Å². The maximum Gasteiger partial charge on any atom is 0.200 e.